The fourth-order valence-electron chi connectivity index (χ4n) is 5.17. The van der Waals surface area contributed by atoms with Crippen LogP contribution in [0.15, 0.2) is 41.0 Å². The average Bonchev–Trinajstić information content (AvgIpc) is 3.58. The Kier molecular flexibility index (Phi) is 5.31. The Hall–Kier alpha value is -3.42. The second-order valence-corrected chi connectivity index (χ2v) is 9.05. The third-order valence-electron chi connectivity index (χ3n) is 7.02. The largest absolute Gasteiger partial charge is 0.496 e. The number of hydrogen-bond donors (Lipinski definition) is 1. The van der Waals surface area contributed by atoms with Crippen LogP contribution in [0.5, 0.6) is 11.5 Å². The lowest BCUT2D eigenvalue weighted by atomic mass is 9.94. The molecule has 1 atom stereocenters. The van der Waals surface area contributed by atoms with Crippen LogP contribution in [-0.4, -0.2) is 47.1 Å². The van der Waals surface area contributed by atoms with Gasteiger partial charge in [0, 0.05) is 11.4 Å². The minimum Gasteiger partial charge on any atom is -0.496 e. The highest BCUT2D eigenvalue weighted by Crippen LogP contribution is 2.40. The van der Waals surface area contributed by atoms with Gasteiger partial charge in [-0.1, -0.05) is 12.8 Å². The lowest BCUT2D eigenvalue weighted by Gasteiger charge is -2.44. The number of fused-ring (bicyclic) bond motifs is 3. The smallest absolute Gasteiger partial charge is 0.271 e. The molecule has 3 heterocycles. The van der Waals surface area contributed by atoms with E-state index < -0.39 is 5.54 Å². The van der Waals surface area contributed by atoms with Crippen LogP contribution in [0.25, 0.3) is 10.9 Å². The minimum atomic E-state index is -1.11. The van der Waals surface area contributed by atoms with Gasteiger partial charge in [-0.2, -0.15) is 0 Å². The SMILES string of the molecule is COc1ccc(OC)c2c1cc1n2C[C@@](C)(C(=O)NC2CCCC2)N(Cc2ccco2)C1=O. The van der Waals surface area contributed by atoms with Crippen molar-refractivity contribution in [2.45, 2.75) is 57.3 Å². The van der Waals surface area contributed by atoms with Crippen molar-refractivity contribution < 1.29 is 23.5 Å². The molecule has 8 heteroatoms. The van der Waals surface area contributed by atoms with Gasteiger partial charge >= 0.3 is 0 Å². The number of nitrogens with zero attached hydrogens (tertiary/aromatic N) is 2. The maximum Gasteiger partial charge on any atom is 0.271 e. The topological polar surface area (TPSA) is 85.9 Å². The van der Waals surface area contributed by atoms with E-state index in [1.54, 1.807) is 31.4 Å². The van der Waals surface area contributed by atoms with Gasteiger partial charge in [0.15, 0.2) is 0 Å². The van der Waals surface area contributed by atoms with Gasteiger partial charge in [-0.15, -0.1) is 0 Å². The van der Waals surface area contributed by atoms with E-state index >= 15 is 0 Å². The zero-order chi connectivity index (χ0) is 23.2. The van der Waals surface area contributed by atoms with Crippen LogP contribution in [0, 0.1) is 0 Å². The number of nitrogens with one attached hydrogen (secondary N) is 1. The normalized spacial score (nSPS) is 20.8. The first-order valence-electron chi connectivity index (χ1n) is 11.4. The summed E-state index contributed by atoms with van der Waals surface area (Å²) >= 11 is 0. The van der Waals surface area contributed by atoms with Crippen LogP contribution in [0.1, 0.15) is 48.9 Å². The highest BCUT2D eigenvalue weighted by molar-refractivity contribution is 6.05. The number of hydrogen-bond acceptors (Lipinski definition) is 5. The monoisotopic (exact) mass is 451 g/mol. The van der Waals surface area contributed by atoms with Crippen molar-refractivity contribution in [3.8, 4) is 11.5 Å². The number of carbonyl (C=O) groups excluding carboxylic acids is 2. The van der Waals surface area contributed by atoms with Gasteiger partial charge in [-0.3, -0.25) is 9.59 Å². The number of amides is 2. The fraction of sp³-hybridized carbons (Fsp3) is 0.440. The predicted molar refractivity (Wildman–Crippen MR) is 122 cm³/mol. The first-order valence-corrected chi connectivity index (χ1v) is 11.4. The molecule has 1 aliphatic carbocycles. The molecule has 1 aliphatic heterocycles. The average molecular weight is 452 g/mol. The first-order chi connectivity index (χ1) is 16.0. The predicted octanol–water partition coefficient (Wildman–Crippen LogP) is 3.73. The third-order valence-corrected chi connectivity index (χ3v) is 7.02. The molecule has 1 saturated carbocycles. The van der Waals surface area contributed by atoms with E-state index in [9.17, 15) is 9.59 Å². The second kappa shape index (κ2) is 8.17. The van der Waals surface area contributed by atoms with Crippen LogP contribution in [0.3, 0.4) is 0 Å². The van der Waals surface area contributed by atoms with E-state index in [-0.39, 0.29) is 24.4 Å². The van der Waals surface area contributed by atoms with Gasteiger partial charge in [-0.05, 0) is 50.1 Å². The molecule has 1 fully saturated rings. The van der Waals surface area contributed by atoms with Gasteiger partial charge in [0.1, 0.15) is 28.5 Å². The molecule has 0 unspecified atom stereocenters. The molecular formula is C25H29N3O5. The van der Waals surface area contributed by atoms with Gasteiger partial charge < -0.3 is 28.7 Å². The molecule has 0 saturated heterocycles. The molecule has 1 aromatic carbocycles. The Labute approximate surface area is 192 Å². The molecule has 174 valence electrons. The number of benzene rings is 1. The van der Waals surface area contributed by atoms with Crippen molar-refractivity contribution in [3.05, 3.63) is 48.0 Å². The van der Waals surface area contributed by atoms with Crippen molar-refractivity contribution >= 4 is 22.7 Å². The van der Waals surface area contributed by atoms with Crippen LogP contribution < -0.4 is 14.8 Å². The number of methoxy groups -OCH3 is 2. The summed E-state index contributed by atoms with van der Waals surface area (Å²) in [6.07, 6.45) is 5.74. The Bertz CT molecular complexity index is 1190. The molecule has 5 rings (SSSR count). The van der Waals surface area contributed by atoms with Crippen molar-refractivity contribution in [2.75, 3.05) is 14.2 Å². The van der Waals surface area contributed by atoms with E-state index in [0.29, 0.717) is 29.5 Å². The third kappa shape index (κ3) is 3.44. The maximum atomic E-state index is 13.9. The van der Waals surface area contributed by atoms with Crippen LogP contribution in [-0.2, 0) is 17.9 Å². The molecule has 1 N–H and O–H groups in total. The van der Waals surface area contributed by atoms with Gasteiger partial charge in [0.2, 0.25) is 5.91 Å². The molecule has 2 amide bonds. The molecule has 0 radical (unpaired) electrons. The summed E-state index contributed by atoms with van der Waals surface area (Å²) in [6, 6.07) is 9.22. The Morgan fingerprint density at radius 1 is 1.18 bits per heavy atom. The number of rotatable bonds is 6. The summed E-state index contributed by atoms with van der Waals surface area (Å²) in [5.74, 6) is 1.52. The van der Waals surface area contributed by atoms with Gasteiger partial charge in [0.05, 0.1) is 39.1 Å². The summed E-state index contributed by atoms with van der Waals surface area (Å²) in [5, 5.41) is 3.99. The Morgan fingerprint density at radius 3 is 2.58 bits per heavy atom. The van der Waals surface area contributed by atoms with E-state index in [1.807, 2.05) is 35.8 Å². The van der Waals surface area contributed by atoms with E-state index in [4.69, 9.17) is 13.9 Å². The summed E-state index contributed by atoms with van der Waals surface area (Å²) in [6.45, 7) is 2.33. The lowest BCUT2D eigenvalue weighted by Crippen LogP contribution is -2.64. The molecule has 2 aromatic heterocycles. The lowest BCUT2D eigenvalue weighted by molar-refractivity contribution is -0.134. The molecule has 33 heavy (non-hydrogen) atoms. The molecular weight excluding hydrogens is 422 g/mol. The summed E-state index contributed by atoms with van der Waals surface area (Å²) in [7, 11) is 3.20. The van der Waals surface area contributed by atoms with E-state index in [2.05, 4.69) is 5.32 Å². The first kappa shape index (κ1) is 21.4. The van der Waals surface area contributed by atoms with Crippen molar-refractivity contribution in [1.29, 1.82) is 0 Å². The maximum absolute atomic E-state index is 13.9. The van der Waals surface area contributed by atoms with Crippen molar-refractivity contribution in [2.24, 2.45) is 0 Å². The summed E-state index contributed by atoms with van der Waals surface area (Å²) in [4.78, 5) is 29.2. The number of ether oxygens (including phenoxy) is 2. The molecule has 0 spiro atoms. The van der Waals surface area contributed by atoms with Gasteiger partial charge in [0.25, 0.3) is 5.91 Å². The van der Waals surface area contributed by atoms with Crippen LogP contribution in [0.2, 0.25) is 0 Å². The molecule has 0 bridgehead atoms. The molecule has 3 aromatic rings. The standard InChI is InChI=1S/C25H29N3O5/c1-25(24(30)26-16-7-4-5-8-16)15-27-19(23(29)28(25)14-17-9-6-12-33-17)13-18-20(31-2)10-11-21(32-3)22(18)27/h6,9-13,16H,4-5,7-8,14-15H2,1-3H3,(H,26,30)/t25-/m0/s1. The van der Waals surface area contributed by atoms with Crippen molar-refractivity contribution in [1.82, 2.24) is 14.8 Å². The Balaban J connectivity index is 1.64. The molecule has 2 aliphatic rings. The minimum absolute atomic E-state index is 0.146. The zero-order valence-corrected chi connectivity index (χ0v) is 19.2. The van der Waals surface area contributed by atoms with Crippen LogP contribution in [0.4, 0.5) is 0 Å². The number of carbonyl (C=O) groups is 2. The number of aromatic nitrogens is 1. The van der Waals surface area contributed by atoms with Gasteiger partial charge in [-0.25, -0.2) is 0 Å². The highest BCUT2D eigenvalue weighted by Gasteiger charge is 2.49. The van der Waals surface area contributed by atoms with Crippen LogP contribution >= 0.6 is 0 Å². The number of furan rings is 1. The quantitative estimate of drug-likeness (QED) is 0.617. The summed E-state index contributed by atoms with van der Waals surface area (Å²) in [5.41, 5.74) is 0.128. The molecule has 8 nitrogen and oxygen atoms in total. The summed E-state index contributed by atoms with van der Waals surface area (Å²) < 4.78 is 18.6. The fourth-order valence-corrected chi connectivity index (χ4v) is 5.17. The zero-order valence-electron chi connectivity index (χ0n) is 19.2. The van der Waals surface area contributed by atoms with Crippen molar-refractivity contribution in [3.63, 3.8) is 0 Å². The Morgan fingerprint density at radius 2 is 1.91 bits per heavy atom. The van der Waals surface area contributed by atoms with E-state index in [0.717, 1.165) is 36.6 Å². The highest BCUT2D eigenvalue weighted by atomic mass is 16.5. The van der Waals surface area contributed by atoms with E-state index in [1.165, 1.54) is 0 Å². The second-order valence-electron chi connectivity index (χ2n) is 9.05.